The van der Waals surface area contributed by atoms with Gasteiger partial charge in [0.15, 0.2) is 0 Å². The van der Waals surface area contributed by atoms with Crippen LogP contribution in [0.3, 0.4) is 0 Å². The Morgan fingerprint density at radius 2 is 2.32 bits per heavy atom. The van der Waals surface area contributed by atoms with E-state index in [1.54, 1.807) is 6.20 Å². The predicted octanol–water partition coefficient (Wildman–Crippen LogP) is 1.86. The van der Waals surface area contributed by atoms with Gasteiger partial charge in [-0.05, 0) is 12.1 Å². The summed E-state index contributed by atoms with van der Waals surface area (Å²) in [6.45, 7) is 5.08. The van der Waals surface area contributed by atoms with Gasteiger partial charge in [-0.2, -0.15) is 0 Å². The number of pyridine rings is 1. The van der Waals surface area contributed by atoms with Crippen molar-refractivity contribution in [3.8, 4) is 0 Å². The van der Waals surface area contributed by atoms with E-state index >= 15 is 0 Å². The minimum atomic E-state index is 0.0832. The van der Waals surface area contributed by atoms with Crippen LogP contribution >= 0.6 is 0 Å². The molecule has 102 valence electrons. The van der Waals surface area contributed by atoms with Crippen molar-refractivity contribution in [2.45, 2.75) is 26.3 Å². The molecule has 0 saturated carbocycles. The van der Waals surface area contributed by atoms with Crippen LogP contribution in [0.1, 0.15) is 25.8 Å². The van der Waals surface area contributed by atoms with Crippen molar-refractivity contribution in [3.05, 3.63) is 30.0 Å². The van der Waals surface area contributed by atoms with E-state index in [1.807, 2.05) is 26.0 Å². The standard InChI is InChI=1S/C15H21N3O/c1-11(2)14(19)7-9-18-13(10-16)6-5-12-4-3-8-17-15(12)18/h3-6,8,11,13H,7,9-10,16H2,1-2H3. The van der Waals surface area contributed by atoms with E-state index in [-0.39, 0.29) is 17.7 Å². The van der Waals surface area contributed by atoms with Crippen LogP contribution in [0.2, 0.25) is 0 Å². The van der Waals surface area contributed by atoms with Gasteiger partial charge in [-0.25, -0.2) is 4.98 Å². The zero-order valence-corrected chi connectivity index (χ0v) is 11.5. The lowest BCUT2D eigenvalue weighted by Crippen LogP contribution is -2.43. The van der Waals surface area contributed by atoms with Crippen LogP contribution in [0.5, 0.6) is 0 Å². The summed E-state index contributed by atoms with van der Waals surface area (Å²) in [5, 5.41) is 0. The molecule has 4 heteroatoms. The number of aromatic nitrogens is 1. The van der Waals surface area contributed by atoms with E-state index in [4.69, 9.17) is 5.73 Å². The number of Topliss-reactive ketones (excluding diaryl/α,β-unsaturated/α-hetero) is 1. The lowest BCUT2D eigenvalue weighted by atomic mass is 10.0. The fourth-order valence-corrected chi connectivity index (χ4v) is 2.25. The first-order valence-electron chi connectivity index (χ1n) is 6.76. The molecule has 1 aromatic heterocycles. The number of ketones is 1. The average Bonchev–Trinajstić information content (AvgIpc) is 2.43. The van der Waals surface area contributed by atoms with Crippen LogP contribution in [0.15, 0.2) is 24.4 Å². The maximum absolute atomic E-state index is 11.8. The number of carbonyl (C=O) groups excluding carboxylic acids is 1. The fraction of sp³-hybridized carbons (Fsp3) is 0.467. The Morgan fingerprint density at radius 3 is 3.00 bits per heavy atom. The summed E-state index contributed by atoms with van der Waals surface area (Å²) in [7, 11) is 0. The minimum absolute atomic E-state index is 0.0832. The van der Waals surface area contributed by atoms with Gasteiger partial charge in [-0.3, -0.25) is 4.79 Å². The van der Waals surface area contributed by atoms with Crippen molar-refractivity contribution in [1.29, 1.82) is 0 Å². The molecule has 1 atom stereocenters. The van der Waals surface area contributed by atoms with Gasteiger partial charge in [-0.1, -0.05) is 26.0 Å². The Morgan fingerprint density at radius 1 is 1.53 bits per heavy atom. The smallest absolute Gasteiger partial charge is 0.137 e. The predicted molar refractivity (Wildman–Crippen MR) is 77.9 cm³/mol. The second-order valence-electron chi connectivity index (χ2n) is 5.14. The first kappa shape index (κ1) is 13.7. The third-order valence-corrected chi connectivity index (χ3v) is 3.47. The van der Waals surface area contributed by atoms with Gasteiger partial charge in [0, 0.05) is 37.2 Å². The molecule has 1 unspecified atom stereocenters. The van der Waals surface area contributed by atoms with Crippen LogP contribution in [-0.4, -0.2) is 29.9 Å². The summed E-state index contributed by atoms with van der Waals surface area (Å²) < 4.78 is 0. The molecule has 2 heterocycles. The van der Waals surface area contributed by atoms with Crippen molar-refractivity contribution in [3.63, 3.8) is 0 Å². The van der Waals surface area contributed by atoms with Gasteiger partial charge in [0.25, 0.3) is 0 Å². The quantitative estimate of drug-likeness (QED) is 0.876. The highest BCUT2D eigenvalue weighted by atomic mass is 16.1. The number of nitrogens with zero attached hydrogens (tertiary/aromatic N) is 2. The molecule has 0 radical (unpaired) electrons. The van der Waals surface area contributed by atoms with E-state index < -0.39 is 0 Å². The monoisotopic (exact) mass is 259 g/mol. The van der Waals surface area contributed by atoms with E-state index in [0.29, 0.717) is 19.5 Å². The van der Waals surface area contributed by atoms with Gasteiger partial charge >= 0.3 is 0 Å². The third-order valence-electron chi connectivity index (χ3n) is 3.47. The lowest BCUT2D eigenvalue weighted by Gasteiger charge is -2.34. The van der Waals surface area contributed by atoms with Gasteiger partial charge < -0.3 is 10.6 Å². The van der Waals surface area contributed by atoms with Gasteiger partial charge in [0.05, 0.1) is 6.04 Å². The van der Waals surface area contributed by atoms with Crippen LogP contribution in [-0.2, 0) is 4.79 Å². The molecular formula is C15H21N3O. The Kier molecular flexibility index (Phi) is 4.32. The number of fused-ring (bicyclic) bond motifs is 1. The fourth-order valence-electron chi connectivity index (χ4n) is 2.25. The molecule has 4 nitrogen and oxygen atoms in total. The number of nitrogens with two attached hydrogens (primary N) is 1. The highest BCUT2D eigenvalue weighted by molar-refractivity contribution is 5.81. The van der Waals surface area contributed by atoms with Crippen molar-refractivity contribution in [1.82, 2.24) is 4.98 Å². The van der Waals surface area contributed by atoms with Gasteiger partial charge in [0.2, 0.25) is 0 Å². The summed E-state index contributed by atoms with van der Waals surface area (Å²) in [6, 6.07) is 4.08. The molecule has 2 N–H and O–H groups in total. The van der Waals surface area contributed by atoms with Crippen molar-refractivity contribution in [2.75, 3.05) is 18.0 Å². The third kappa shape index (κ3) is 3.01. The summed E-state index contributed by atoms with van der Waals surface area (Å²) in [4.78, 5) is 18.4. The highest BCUT2D eigenvalue weighted by Crippen LogP contribution is 2.26. The van der Waals surface area contributed by atoms with Gasteiger partial charge in [0.1, 0.15) is 11.6 Å². The number of carbonyl (C=O) groups is 1. The molecule has 2 rings (SSSR count). The van der Waals surface area contributed by atoms with E-state index in [9.17, 15) is 4.79 Å². The topological polar surface area (TPSA) is 59.2 Å². The maximum Gasteiger partial charge on any atom is 0.137 e. The number of anilines is 1. The molecule has 1 aliphatic rings. The molecule has 0 amide bonds. The average molecular weight is 259 g/mol. The van der Waals surface area contributed by atoms with Gasteiger partial charge in [-0.15, -0.1) is 0 Å². The molecular weight excluding hydrogens is 238 g/mol. The molecule has 0 saturated heterocycles. The van der Waals surface area contributed by atoms with E-state index in [1.165, 1.54) is 0 Å². The molecule has 19 heavy (non-hydrogen) atoms. The Labute approximate surface area is 114 Å². The van der Waals surface area contributed by atoms with Crippen molar-refractivity contribution < 1.29 is 4.79 Å². The Bertz CT molecular complexity index is 482. The highest BCUT2D eigenvalue weighted by Gasteiger charge is 2.23. The van der Waals surface area contributed by atoms with E-state index in [0.717, 1.165) is 11.4 Å². The number of hydrogen-bond acceptors (Lipinski definition) is 4. The summed E-state index contributed by atoms with van der Waals surface area (Å²) in [5.41, 5.74) is 6.90. The summed E-state index contributed by atoms with van der Waals surface area (Å²) >= 11 is 0. The van der Waals surface area contributed by atoms with Crippen LogP contribution in [0.25, 0.3) is 6.08 Å². The Hall–Kier alpha value is -1.68. The van der Waals surface area contributed by atoms with Crippen LogP contribution < -0.4 is 10.6 Å². The largest absolute Gasteiger partial charge is 0.348 e. The molecule has 0 fully saturated rings. The summed E-state index contributed by atoms with van der Waals surface area (Å²) in [6.07, 6.45) is 6.46. The normalized spacial score (nSPS) is 17.7. The second-order valence-corrected chi connectivity index (χ2v) is 5.14. The maximum atomic E-state index is 11.8. The van der Waals surface area contributed by atoms with Crippen LogP contribution in [0, 0.1) is 5.92 Å². The molecule has 1 aliphatic heterocycles. The lowest BCUT2D eigenvalue weighted by molar-refractivity contribution is -0.121. The van der Waals surface area contributed by atoms with Crippen LogP contribution in [0.4, 0.5) is 5.82 Å². The summed E-state index contributed by atoms with van der Waals surface area (Å²) in [5.74, 6) is 1.29. The molecule has 1 aromatic rings. The molecule has 0 aliphatic carbocycles. The SMILES string of the molecule is CC(C)C(=O)CCN1c2ncccc2C=CC1CN. The van der Waals surface area contributed by atoms with E-state index in [2.05, 4.69) is 22.0 Å². The van der Waals surface area contributed by atoms with Crippen molar-refractivity contribution in [2.24, 2.45) is 11.7 Å². The molecule has 0 spiro atoms. The Balaban J connectivity index is 2.16. The molecule has 0 bridgehead atoms. The first-order valence-corrected chi connectivity index (χ1v) is 6.76. The first-order chi connectivity index (χ1) is 9.13. The minimum Gasteiger partial charge on any atom is -0.348 e. The zero-order chi connectivity index (χ0) is 13.8. The zero-order valence-electron chi connectivity index (χ0n) is 11.5. The number of hydrogen-bond donors (Lipinski definition) is 1. The van der Waals surface area contributed by atoms with Crippen molar-refractivity contribution >= 4 is 17.7 Å². The molecule has 0 aromatic carbocycles. The second kappa shape index (κ2) is 5.97. The number of rotatable bonds is 5.